The van der Waals surface area contributed by atoms with Gasteiger partial charge in [0, 0.05) is 12.6 Å². The molecule has 0 radical (unpaired) electrons. The lowest BCUT2D eigenvalue weighted by Crippen LogP contribution is -2.28. The molecular weight excluding hydrogens is 365 g/mol. The number of aliphatic carboxylic acids is 1. The Kier molecular flexibility index (Phi) is 6.28. The fourth-order valence-corrected chi connectivity index (χ4v) is 3.04. The Hall–Kier alpha value is -2.24. The van der Waals surface area contributed by atoms with E-state index in [9.17, 15) is 14.7 Å². The fraction of sp³-hybridized carbons (Fsp3) is 0.222. The molecule has 2 unspecified atom stereocenters. The fourth-order valence-electron chi connectivity index (χ4n) is 2.55. The molecule has 132 valence electrons. The maximum absolute atomic E-state index is 11.8. The second-order valence-corrected chi connectivity index (χ2v) is 6.25. The number of hydrogen-bond acceptors (Lipinski definition) is 4. The summed E-state index contributed by atoms with van der Waals surface area (Å²) in [5, 5.41) is 13.5. The highest BCUT2D eigenvalue weighted by molar-refractivity contribution is 6.39. The van der Waals surface area contributed by atoms with Crippen molar-refractivity contribution in [1.29, 1.82) is 0 Å². The molecule has 2 atom stereocenters. The minimum Gasteiger partial charge on any atom is -0.481 e. The number of ether oxygens (including phenoxy) is 1. The van der Waals surface area contributed by atoms with Gasteiger partial charge in [0.25, 0.3) is 0 Å². The monoisotopic (exact) mass is 381 g/mol. The van der Waals surface area contributed by atoms with Crippen LogP contribution in [0.3, 0.4) is 0 Å². The zero-order chi connectivity index (χ0) is 18.6. The molecule has 0 aromatic heterocycles. The summed E-state index contributed by atoms with van der Waals surface area (Å²) in [5.74, 6) is -2.69. The molecular formula is C18H17Cl2NO4. The normalized spacial score (nSPS) is 13.0. The molecule has 0 amide bonds. The third-order valence-electron chi connectivity index (χ3n) is 3.61. The largest absolute Gasteiger partial charge is 0.481 e. The number of rotatable bonds is 6. The summed E-state index contributed by atoms with van der Waals surface area (Å²) < 4.78 is 5.08. The number of carboxylic acids is 1. The number of carbonyl (C=O) groups excluding carboxylic acids is 1. The predicted octanol–water partition coefficient (Wildman–Crippen LogP) is 4.86. The number of hydrogen-bond donors (Lipinski definition) is 2. The van der Waals surface area contributed by atoms with Crippen LogP contribution in [0, 0.1) is 0 Å². The van der Waals surface area contributed by atoms with Crippen LogP contribution in [0.2, 0.25) is 10.0 Å². The van der Waals surface area contributed by atoms with Gasteiger partial charge in [-0.15, -0.1) is 0 Å². The first-order chi connectivity index (χ1) is 11.8. The van der Waals surface area contributed by atoms with Gasteiger partial charge in [-0.3, -0.25) is 9.59 Å². The quantitative estimate of drug-likeness (QED) is 0.698. The Morgan fingerprint density at radius 2 is 1.68 bits per heavy atom. The van der Waals surface area contributed by atoms with Gasteiger partial charge in [-0.1, -0.05) is 47.5 Å². The van der Waals surface area contributed by atoms with E-state index in [4.69, 9.17) is 27.9 Å². The molecule has 0 spiro atoms. The van der Waals surface area contributed by atoms with Gasteiger partial charge in [0.05, 0.1) is 15.7 Å². The number of esters is 1. The summed E-state index contributed by atoms with van der Waals surface area (Å²) in [5.41, 5.74) is 1.45. The van der Waals surface area contributed by atoms with E-state index < -0.39 is 24.0 Å². The molecule has 25 heavy (non-hydrogen) atoms. The lowest BCUT2D eigenvalue weighted by molar-refractivity contribution is -0.151. The number of para-hydroxylation sites is 2. The van der Waals surface area contributed by atoms with Crippen LogP contribution in [0.1, 0.15) is 25.3 Å². The average molecular weight is 382 g/mol. The summed E-state index contributed by atoms with van der Waals surface area (Å²) >= 11 is 12.3. The van der Waals surface area contributed by atoms with Crippen molar-refractivity contribution in [2.75, 3.05) is 5.32 Å². The molecule has 0 bridgehead atoms. The van der Waals surface area contributed by atoms with E-state index in [0.29, 0.717) is 27.0 Å². The van der Waals surface area contributed by atoms with Crippen molar-refractivity contribution in [2.24, 2.45) is 0 Å². The Balaban J connectivity index is 2.45. The molecule has 0 aliphatic heterocycles. The number of benzene rings is 2. The van der Waals surface area contributed by atoms with Crippen molar-refractivity contribution in [3.05, 3.63) is 58.1 Å². The van der Waals surface area contributed by atoms with Crippen LogP contribution >= 0.6 is 23.2 Å². The first-order valence-electron chi connectivity index (χ1n) is 7.51. The van der Waals surface area contributed by atoms with Crippen LogP contribution in [-0.2, 0) is 14.3 Å². The van der Waals surface area contributed by atoms with Gasteiger partial charge in [-0.05, 0) is 30.7 Å². The highest BCUT2D eigenvalue weighted by Crippen LogP contribution is 2.36. The molecule has 0 heterocycles. The van der Waals surface area contributed by atoms with Gasteiger partial charge in [0.2, 0.25) is 0 Å². The van der Waals surface area contributed by atoms with E-state index in [1.165, 1.54) is 6.92 Å². The molecule has 0 aliphatic rings. The van der Waals surface area contributed by atoms with Crippen molar-refractivity contribution in [3.63, 3.8) is 0 Å². The van der Waals surface area contributed by atoms with Crippen molar-refractivity contribution in [3.8, 4) is 0 Å². The zero-order valence-electron chi connectivity index (χ0n) is 13.6. The number of halogens is 2. The van der Waals surface area contributed by atoms with E-state index in [0.717, 1.165) is 0 Å². The average Bonchev–Trinajstić information content (AvgIpc) is 2.51. The molecule has 0 saturated heterocycles. The molecule has 5 nitrogen and oxygen atoms in total. The van der Waals surface area contributed by atoms with Crippen molar-refractivity contribution < 1.29 is 19.4 Å². The molecule has 0 aliphatic carbocycles. The lowest BCUT2D eigenvalue weighted by Gasteiger charge is -2.23. The van der Waals surface area contributed by atoms with Gasteiger partial charge in [-0.2, -0.15) is 0 Å². The second-order valence-electron chi connectivity index (χ2n) is 5.44. The number of carbonyl (C=O) groups is 2. The summed E-state index contributed by atoms with van der Waals surface area (Å²) in [6, 6.07) is 11.9. The van der Waals surface area contributed by atoms with Gasteiger partial charge in [0.1, 0.15) is 12.0 Å². The summed E-state index contributed by atoms with van der Waals surface area (Å²) in [4.78, 5) is 23.0. The maximum Gasteiger partial charge on any atom is 0.314 e. The third-order valence-corrected chi connectivity index (χ3v) is 4.24. The zero-order valence-corrected chi connectivity index (χ0v) is 15.1. The van der Waals surface area contributed by atoms with Crippen LogP contribution < -0.4 is 5.32 Å². The van der Waals surface area contributed by atoms with Gasteiger partial charge < -0.3 is 15.2 Å². The summed E-state index contributed by atoms with van der Waals surface area (Å²) in [7, 11) is 0. The van der Waals surface area contributed by atoms with E-state index >= 15 is 0 Å². The number of anilines is 2. The van der Waals surface area contributed by atoms with Crippen LogP contribution in [0.25, 0.3) is 0 Å². The Labute approximate surface area is 155 Å². The molecule has 2 aromatic rings. The van der Waals surface area contributed by atoms with E-state index in [-0.39, 0.29) is 0 Å². The van der Waals surface area contributed by atoms with E-state index in [2.05, 4.69) is 5.32 Å². The predicted molar refractivity (Wildman–Crippen MR) is 97.8 cm³/mol. The molecule has 0 saturated carbocycles. The van der Waals surface area contributed by atoms with E-state index in [1.807, 2.05) is 0 Å². The molecule has 2 N–H and O–H groups in total. The Morgan fingerprint density at radius 1 is 1.08 bits per heavy atom. The second kappa shape index (κ2) is 8.23. The van der Waals surface area contributed by atoms with Crippen molar-refractivity contribution >= 4 is 46.5 Å². The first kappa shape index (κ1) is 19.1. The van der Waals surface area contributed by atoms with Crippen LogP contribution in [-0.4, -0.2) is 23.1 Å². The topological polar surface area (TPSA) is 75.6 Å². The highest BCUT2D eigenvalue weighted by atomic mass is 35.5. The van der Waals surface area contributed by atoms with Crippen LogP contribution in [0.4, 0.5) is 11.4 Å². The number of nitrogens with one attached hydrogen (secondary N) is 1. The minimum atomic E-state index is -1.10. The smallest absolute Gasteiger partial charge is 0.314 e. The van der Waals surface area contributed by atoms with Gasteiger partial charge >= 0.3 is 11.9 Å². The van der Waals surface area contributed by atoms with Crippen molar-refractivity contribution in [2.45, 2.75) is 25.9 Å². The van der Waals surface area contributed by atoms with Crippen molar-refractivity contribution in [1.82, 2.24) is 0 Å². The van der Waals surface area contributed by atoms with Crippen LogP contribution in [0.15, 0.2) is 42.5 Å². The molecule has 0 fully saturated rings. The number of carboxylic acid groups (broad SMARTS) is 1. The van der Waals surface area contributed by atoms with Crippen LogP contribution in [0.5, 0.6) is 0 Å². The molecule has 2 aromatic carbocycles. The Morgan fingerprint density at radius 3 is 2.24 bits per heavy atom. The summed E-state index contributed by atoms with van der Waals surface area (Å²) in [6.07, 6.45) is -0.848. The molecule has 2 rings (SSSR count). The SMILES string of the molecule is CC(=O)OC(C)C(C(=O)O)c1ccccc1Nc1c(Cl)cccc1Cl. The minimum absolute atomic E-state index is 0.405. The van der Waals surface area contributed by atoms with E-state index in [1.54, 1.807) is 49.4 Å². The lowest BCUT2D eigenvalue weighted by atomic mass is 9.92. The third kappa shape index (κ3) is 4.65. The standard InChI is InChI=1S/C18H17Cl2NO4/c1-10(25-11(2)22)16(18(23)24)12-6-3-4-9-15(12)21-17-13(19)7-5-8-14(17)20/h3-10,16,21H,1-2H3,(H,23,24). The first-order valence-corrected chi connectivity index (χ1v) is 8.26. The maximum atomic E-state index is 11.8. The van der Waals surface area contributed by atoms with Gasteiger partial charge in [-0.25, -0.2) is 0 Å². The molecule has 7 heteroatoms. The van der Waals surface area contributed by atoms with Gasteiger partial charge in [0.15, 0.2) is 0 Å². The highest BCUT2D eigenvalue weighted by Gasteiger charge is 2.31. The summed E-state index contributed by atoms with van der Waals surface area (Å²) in [6.45, 7) is 2.78. The Bertz CT molecular complexity index is 774.